The largest absolute Gasteiger partial charge is 0.411 e. The SMILES string of the molecule is C/C(C[C@H](O)c1ccc2ccccc2n1)=N\O. The highest BCUT2D eigenvalue weighted by atomic mass is 16.4. The number of aromatic nitrogens is 1. The molecule has 1 aromatic carbocycles. The Kier molecular flexibility index (Phi) is 3.35. The molecular formula is C13H14N2O2. The smallest absolute Gasteiger partial charge is 0.101 e. The van der Waals surface area contributed by atoms with Crippen molar-refractivity contribution < 1.29 is 10.3 Å². The fraction of sp³-hybridized carbons (Fsp3) is 0.231. The zero-order chi connectivity index (χ0) is 12.3. The van der Waals surface area contributed by atoms with Gasteiger partial charge in [-0.2, -0.15) is 0 Å². The maximum absolute atomic E-state index is 9.93. The Balaban J connectivity index is 2.30. The van der Waals surface area contributed by atoms with Crippen LogP contribution in [-0.4, -0.2) is 21.0 Å². The molecule has 2 N–H and O–H groups in total. The second-order valence-corrected chi connectivity index (χ2v) is 3.98. The quantitative estimate of drug-likeness (QED) is 0.483. The van der Waals surface area contributed by atoms with Gasteiger partial charge in [-0.1, -0.05) is 29.4 Å². The molecule has 0 saturated heterocycles. The molecule has 0 saturated carbocycles. The summed E-state index contributed by atoms with van der Waals surface area (Å²) in [5.74, 6) is 0. The van der Waals surface area contributed by atoms with Gasteiger partial charge in [0.2, 0.25) is 0 Å². The third-order valence-corrected chi connectivity index (χ3v) is 2.62. The molecule has 0 bridgehead atoms. The molecule has 0 spiro atoms. The van der Waals surface area contributed by atoms with Crippen LogP contribution >= 0.6 is 0 Å². The number of pyridine rings is 1. The normalized spacial score (nSPS) is 13.9. The molecule has 4 heteroatoms. The molecule has 0 amide bonds. The van der Waals surface area contributed by atoms with Crippen molar-refractivity contribution in [2.24, 2.45) is 5.16 Å². The van der Waals surface area contributed by atoms with Crippen molar-refractivity contribution in [1.82, 2.24) is 4.98 Å². The maximum atomic E-state index is 9.93. The molecule has 1 heterocycles. The highest BCUT2D eigenvalue weighted by molar-refractivity contribution is 5.82. The predicted octanol–water partition coefficient (Wildman–Crippen LogP) is 2.51. The number of nitrogens with zero attached hydrogens (tertiary/aromatic N) is 2. The van der Waals surface area contributed by atoms with Crippen LogP contribution in [-0.2, 0) is 0 Å². The Labute approximate surface area is 99.2 Å². The van der Waals surface area contributed by atoms with Crippen molar-refractivity contribution in [3.8, 4) is 0 Å². The fourth-order valence-electron chi connectivity index (χ4n) is 1.69. The molecule has 17 heavy (non-hydrogen) atoms. The van der Waals surface area contributed by atoms with Crippen LogP contribution in [0.25, 0.3) is 10.9 Å². The first-order valence-electron chi connectivity index (χ1n) is 5.42. The topological polar surface area (TPSA) is 65.7 Å². The highest BCUT2D eigenvalue weighted by Gasteiger charge is 2.11. The summed E-state index contributed by atoms with van der Waals surface area (Å²) in [7, 11) is 0. The van der Waals surface area contributed by atoms with Crippen LogP contribution in [0.1, 0.15) is 25.1 Å². The van der Waals surface area contributed by atoms with Gasteiger partial charge in [-0.25, -0.2) is 0 Å². The van der Waals surface area contributed by atoms with E-state index in [1.807, 2.05) is 30.3 Å². The van der Waals surface area contributed by atoms with Gasteiger partial charge in [-0.3, -0.25) is 4.98 Å². The van der Waals surface area contributed by atoms with Gasteiger partial charge in [0, 0.05) is 11.8 Å². The summed E-state index contributed by atoms with van der Waals surface area (Å²) < 4.78 is 0. The Bertz CT molecular complexity index is 552. The lowest BCUT2D eigenvalue weighted by molar-refractivity contribution is 0.180. The Morgan fingerprint density at radius 2 is 2.06 bits per heavy atom. The minimum atomic E-state index is -0.740. The van der Waals surface area contributed by atoms with Crippen LogP contribution in [0.2, 0.25) is 0 Å². The van der Waals surface area contributed by atoms with E-state index in [2.05, 4.69) is 10.1 Å². The summed E-state index contributed by atoms with van der Waals surface area (Å²) in [4.78, 5) is 4.38. The van der Waals surface area contributed by atoms with Crippen LogP contribution in [0.5, 0.6) is 0 Å². The zero-order valence-corrected chi connectivity index (χ0v) is 9.54. The van der Waals surface area contributed by atoms with E-state index < -0.39 is 6.10 Å². The minimum absolute atomic E-state index is 0.280. The first-order valence-corrected chi connectivity index (χ1v) is 5.42. The van der Waals surface area contributed by atoms with E-state index in [0.29, 0.717) is 11.4 Å². The second kappa shape index (κ2) is 4.93. The molecule has 2 rings (SSSR count). The Morgan fingerprint density at radius 3 is 2.82 bits per heavy atom. The number of oxime groups is 1. The van der Waals surface area contributed by atoms with Gasteiger partial charge >= 0.3 is 0 Å². The molecule has 0 radical (unpaired) electrons. The van der Waals surface area contributed by atoms with Crippen LogP contribution in [0.4, 0.5) is 0 Å². The van der Waals surface area contributed by atoms with Crippen molar-refractivity contribution in [2.45, 2.75) is 19.4 Å². The standard InChI is InChI=1S/C13H14N2O2/c1-9(15-17)8-13(16)12-7-6-10-4-2-3-5-11(10)14-12/h2-7,13,16-17H,8H2,1H3/b15-9+/t13-/m0/s1. The van der Waals surface area contributed by atoms with Crippen LogP contribution < -0.4 is 0 Å². The molecule has 1 aromatic heterocycles. The zero-order valence-electron chi connectivity index (χ0n) is 9.54. The number of aliphatic hydroxyl groups excluding tert-OH is 1. The average molecular weight is 230 g/mol. The van der Waals surface area contributed by atoms with Crippen LogP contribution in [0.3, 0.4) is 0 Å². The van der Waals surface area contributed by atoms with E-state index in [0.717, 1.165) is 10.9 Å². The van der Waals surface area contributed by atoms with E-state index in [9.17, 15) is 5.11 Å². The van der Waals surface area contributed by atoms with Gasteiger partial charge in [0.15, 0.2) is 0 Å². The summed E-state index contributed by atoms with van der Waals surface area (Å²) in [6.45, 7) is 1.66. The molecule has 88 valence electrons. The summed E-state index contributed by atoms with van der Waals surface area (Å²) in [6.07, 6.45) is -0.461. The van der Waals surface area contributed by atoms with Gasteiger partial charge in [-0.05, 0) is 19.1 Å². The Morgan fingerprint density at radius 1 is 1.29 bits per heavy atom. The van der Waals surface area contributed by atoms with Gasteiger partial charge in [0.25, 0.3) is 0 Å². The molecule has 4 nitrogen and oxygen atoms in total. The van der Waals surface area contributed by atoms with Crippen molar-refractivity contribution >= 4 is 16.6 Å². The molecule has 0 fully saturated rings. The highest BCUT2D eigenvalue weighted by Crippen LogP contribution is 2.19. The summed E-state index contributed by atoms with van der Waals surface area (Å²) in [5.41, 5.74) is 1.92. The number of fused-ring (bicyclic) bond motifs is 1. The predicted molar refractivity (Wildman–Crippen MR) is 66.2 cm³/mol. The third-order valence-electron chi connectivity index (χ3n) is 2.62. The number of benzene rings is 1. The monoisotopic (exact) mass is 230 g/mol. The average Bonchev–Trinajstić information content (AvgIpc) is 2.38. The van der Waals surface area contributed by atoms with Crippen LogP contribution in [0, 0.1) is 0 Å². The molecule has 2 aromatic rings. The van der Waals surface area contributed by atoms with Gasteiger partial charge in [0.1, 0.15) is 6.10 Å². The molecule has 0 aliphatic rings. The first-order chi connectivity index (χ1) is 8.20. The number of aliphatic hydroxyl groups is 1. The van der Waals surface area contributed by atoms with Crippen molar-refractivity contribution in [2.75, 3.05) is 0 Å². The Hall–Kier alpha value is -1.94. The molecule has 0 aliphatic carbocycles. The van der Waals surface area contributed by atoms with E-state index in [1.165, 1.54) is 0 Å². The van der Waals surface area contributed by atoms with Gasteiger partial charge in [-0.15, -0.1) is 0 Å². The van der Waals surface area contributed by atoms with Crippen molar-refractivity contribution in [3.05, 3.63) is 42.1 Å². The van der Waals surface area contributed by atoms with E-state index in [-0.39, 0.29) is 6.42 Å². The number of hydrogen-bond donors (Lipinski definition) is 2. The third kappa shape index (κ3) is 2.60. The fourth-order valence-corrected chi connectivity index (χ4v) is 1.69. The van der Waals surface area contributed by atoms with E-state index >= 15 is 0 Å². The maximum Gasteiger partial charge on any atom is 0.101 e. The summed E-state index contributed by atoms with van der Waals surface area (Å²) in [5, 5.41) is 22.6. The van der Waals surface area contributed by atoms with Gasteiger partial charge < -0.3 is 10.3 Å². The number of rotatable bonds is 3. The number of hydrogen-bond acceptors (Lipinski definition) is 4. The van der Waals surface area contributed by atoms with Crippen LogP contribution in [0.15, 0.2) is 41.6 Å². The van der Waals surface area contributed by atoms with Crippen molar-refractivity contribution in [1.29, 1.82) is 0 Å². The molecule has 1 atom stereocenters. The molecule has 0 unspecified atom stereocenters. The lowest BCUT2D eigenvalue weighted by Crippen LogP contribution is -2.05. The lowest BCUT2D eigenvalue weighted by atomic mass is 10.1. The van der Waals surface area contributed by atoms with Gasteiger partial charge in [0.05, 0.1) is 16.9 Å². The number of para-hydroxylation sites is 1. The van der Waals surface area contributed by atoms with Crippen molar-refractivity contribution in [3.63, 3.8) is 0 Å². The summed E-state index contributed by atoms with van der Waals surface area (Å²) in [6, 6.07) is 11.4. The first kappa shape index (κ1) is 11.5. The lowest BCUT2D eigenvalue weighted by Gasteiger charge is -2.09. The molecule has 0 aliphatic heterocycles. The summed E-state index contributed by atoms with van der Waals surface area (Å²) >= 11 is 0. The van der Waals surface area contributed by atoms with E-state index in [4.69, 9.17) is 5.21 Å². The van der Waals surface area contributed by atoms with E-state index in [1.54, 1.807) is 13.0 Å². The second-order valence-electron chi connectivity index (χ2n) is 3.98. The minimum Gasteiger partial charge on any atom is -0.411 e. The molecular weight excluding hydrogens is 216 g/mol.